The highest BCUT2D eigenvalue weighted by atomic mass is 35.5. The van der Waals surface area contributed by atoms with Crippen LogP contribution in [0.1, 0.15) is 24.6 Å². The van der Waals surface area contributed by atoms with Crippen molar-refractivity contribution in [2.24, 2.45) is 0 Å². The summed E-state index contributed by atoms with van der Waals surface area (Å²) in [5.74, 6) is 0. The average molecular weight is 309 g/mol. The number of ether oxygens (including phenoxy) is 1. The Labute approximate surface area is 130 Å². The third-order valence-corrected chi connectivity index (χ3v) is 3.22. The molecule has 0 aliphatic heterocycles. The molecule has 114 valence electrons. The second-order valence-electron chi connectivity index (χ2n) is 4.83. The summed E-state index contributed by atoms with van der Waals surface area (Å²) >= 11 is 5.84. The quantitative estimate of drug-likeness (QED) is 0.724. The lowest BCUT2D eigenvalue weighted by Gasteiger charge is -2.04. The van der Waals surface area contributed by atoms with E-state index in [1.807, 2.05) is 35.1 Å². The van der Waals surface area contributed by atoms with Crippen LogP contribution in [-0.4, -0.2) is 28.1 Å². The Hall–Kier alpha value is -1.43. The minimum absolute atomic E-state index is 0.580. The largest absolute Gasteiger partial charge is 0.375 e. The molecular formula is C15H21ClN4O. The fourth-order valence-corrected chi connectivity index (χ4v) is 1.98. The first-order valence-electron chi connectivity index (χ1n) is 7.20. The number of nitrogens with zero attached hydrogens (tertiary/aromatic N) is 3. The van der Waals surface area contributed by atoms with Gasteiger partial charge >= 0.3 is 0 Å². The topological polar surface area (TPSA) is 52.0 Å². The van der Waals surface area contributed by atoms with Crippen molar-refractivity contribution in [1.82, 2.24) is 20.3 Å². The zero-order valence-electron chi connectivity index (χ0n) is 12.3. The van der Waals surface area contributed by atoms with Crippen molar-refractivity contribution in [3.63, 3.8) is 0 Å². The molecule has 0 saturated carbocycles. The van der Waals surface area contributed by atoms with Gasteiger partial charge in [0.15, 0.2) is 0 Å². The van der Waals surface area contributed by atoms with Crippen LogP contribution in [0.3, 0.4) is 0 Å². The van der Waals surface area contributed by atoms with E-state index in [0.29, 0.717) is 19.8 Å². The molecule has 0 saturated heterocycles. The van der Waals surface area contributed by atoms with E-state index in [9.17, 15) is 0 Å². The highest BCUT2D eigenvalue weighted by molar-refractivity contribution is 6.30. The van der Waals surface area contributed by atoms with Crippen molar-refractivity contribution >= 4 is 11.6 Å². The Morgan fingerprint density at radius 3 is 2.86 bits per heavy atom. The van der Waals surface area contributed by atoms with Crippen LogP contribution in [-0.2, 0) is 24.4 Å². The Morgan fingerprint density at radius 1 is 1.29 bits per heavy atom. The Bertz CT molecular complexity index is 527. The van der Waals surface area contributed by atoms with Crippen molar-refractivity contribution in [1.29, 1.82) is 0 Å². The molecule has 0 spiro atoms. The van der Waals surface area contributed by atoms with Gasteiger partial charge in [0, 0.05) is 17.8 Å². The van der Waals surface area contributed by atoms with Crippen molar-refractivity contribution in [2.75, 3.05) is 13.2 Å². The summed E-state index contributed by atoms with van der Waals surface area (Å²) in [4.78, 5) is 0. The van der Waals surface area contributed by atoms with Crippen LogP contribution >= 0.6 is 11.6 Å². The second kappa shape index (κ2) is 8.77. The molecule has 0 bridgehead atoms. The molecule has 0 atom stereocenters. The van der Waals surface area contributed by atoms with Crippen LogP contribution in [0.25, 0.3) is 0 Å². The first-order chi connectivity index (χ1) is 10.3. The van der Waals surface area contributed by atoms with Gasteiger partial charge in [-0.2, -0.15) is 0 Å². The molecule has 0 amide bonds. The molecule has 21 heavy (non-hydrogen) atoms. The van der Waals surface area contributed by atoms with Crippen LogP contribution in [0.5, 0.6) is 0 Å². The van der Waals surface area contributed by atoms with Gasteiger partial charge in [0.1, 0.15) is 0 Å². The molecule has 5 nitrogen and oxygen atoms in total. The monoisotopic (exact) mass is 308 g/mol. The molecule has 1 aromatic carbocycles. The molecule has 1 heterocycles. The summed E-state index contributed by atoms with van der Waals surface area (Å²) < 4.78 is 7.43. The molecule has 0 aliphatic carbocycles. The lowest BCUT2D eigenvalue weighted by molar-refractivity contribution is 0.110. The van der Waals surface area contributed by atoms with Crippen molar-refractivity contribution in [3.05, 3.63) is 46.7 Å². The molecule has 6 heteroatoms. The third kappa shape index (κ3) is 5.83. The SMILES string of the molecule is CCCNCc1cn(CCOCc2ccc(Cl)cc2)nn1. The van der Waals surface area contributed by atoms with Crippen LogP contribution in [0, 0.1) is 0 Å². The molecule has 2 aromatic rings. The molecular weight excluding hydrogens is 288 g/mol. The minimum atomic E-state index is 0.580. The van der Waals surface area contributed by atoms with Crippen LogP contribution in [0.4, 0.5) is 0 Å². The van der Waals surface area contributed by atoms with Gasteiger partial charge < -0.3 is 10.1 Å². The van der Waals surface area contributed by atoms with Gasteiger partial charge in [-0.05, 0) is 30.7 Å². The second-order valence-corrected chi connectivity index (χ2v) is 5.27. The van der Waals surface area contributed by atoms with Gasteiger partial charge in [0.25, 0.3) is 0 Å². The third-order valence-electron chi connectivity index (χ3n) is 2.97. The standard InChI is InChI=1S/C15H21ClN4O/c1-2-7-17-10-15-11-20(19-18-15)8-9-21-12-13-3-5-14(16)6-4-13/h3-6,11,17H,2,7-10,12H2,1H3. The number of hydrogen-bond donors (Lipinski definition) is 1. The Kier molecular flexibility index (Phi) is 6.66. The minimum Gasteiger partial charge on any atom is -0.375 e. The molecule has 1 N–H and O–H groups in total. The van der Waals surface area contributed by atoms with E-state index < -0.39 is 0 Å². The molecule has 2 rings (SSSR count). The van der Waals surface area contributed by atoms with Crippen LogP contribution in [0.2, 0.25) is 5.02 Å². The van der Waals surface area contributed by atoms with Gasteiger partial charge in [-0.15, -0.1) is 5.10 Å². The average Bonchev–Trinajstić information content (AvgIpc) is 2.94. The lowest BCUT2D eigenvalue weighted by Crippen LogP contribution is -2.14. The number of nitrogens with one attached hydrogen (secondary N) is 1. The van der Waals surface area contributed by atoms with E-state index in [1.165, 1.54) is 0 Å². The fraction of sp³-hybridized carbons (Fsp3) is 0.467. The predicted molar refractivity (Wildman–Crippen MR) is 83.1 cm³/mol. The maximum Gasteiger partial charge on any atom is 0.0964 e. The van der Waals surface area contributed by atoms with Gasteiger partial charge in [0.05, 0.1) is 25.5 Å². The highest BCUT2D eigenvalue weighted by Gasteiger charge is 2.00. The maximum absolute atomic E-state index is 5.84. The van der Waals surface area contributed by atoms with Gasteiger partial charge in [-0.1, -0.05) is 35.9 Å². The number of rotatable bonds is 9. The number of benzene rings is 1. The predicted octanol–water partition coefficient (Wildman–Crippen LogP) is 2.65. The van der Waals surface area contributed by atoms with Crippen LogP contribution in [0.15, 0.2) is 30.5 Å². The number of aromatic nitrogens is 3. The van der Waals surface area contributed by atoms with E-state index in [0.717, 1.165) is 35.8 Å². The summed E-state index contributed by atoms with van der Waals surface area (Å²) in [7, 11) is 0. The summed E-state index contributed by atoms with van der Waals surface area (Å²) in [5.41, 5.74) is 2.07. The maximum atomic E-state index is 5.84. The smallest absolute Gasteiger partial charge is 0.0964 e. The first kappa shape index (κ1) is 15.9. The van der Waals surface area contributed by atoms with Crippen LogP contribution < -0.4 is 5.32 Å². The lowest BCUT2D eigenvalue weighted by atomic mass is 10.2. The zero-order valence-corrected chi connectivity index (χ0v) is 13.0. The van der Waals surface area contributed by atoms with Gasteiger partial charge in [-0.25, -0.2) is 4.68 Å². The fourth-order valence-electron chi connectivity index (χ4n) is 1.85. The van der Waals surface area contributed by atoms with Crippen molar-refractivity contribution < 1.29 is 4.74 Å². The first-order valence-corrected chi connectivity index (χ1v) is 7.57. The summed E-state index contributed by atoms with van der Waals surface area (Å²) in [6.07, 6.45) is 3.07. The van der Waals surface area contributed by atoms with Gasteiger partial charge in [-0.3, -0.25) is 0 Å². The summed E-state index contributed by atoms with van der Waals surface area (Å²) in [5, 5.41) is 12.2. The molecule has 0 radical (unpaired) electrons. The van der Waals surface area contributed by atoms with Crippen molar-refractivity contribution in [2.45, 2.75) is 33.0 Å². The summed E-state index contributed by atoms with van der Waals surface area (Å²) in [6, 6.07) is 7.67. The van der Waals surface area contributed by atoms with E-state index >= 15 is 0 Å². The molecule has 1 aromatic heterocycles. The number of hydrogen-bond acceptors (Lipinski definition) is 4. The van der Waals surface area contributed by atoms with E-state index in [-0.39, 0.29) is 0 Å². The normalized spacial score (nSPS) is 11.0. The Balaban J connectivity index is 1.65. The zero-order chi connectivity index (χ0) is 14.9. The number of halogens is 1. The van der Waals surface area contributed by atoms with Crippen molar-refractivity contribution in [3.8, 4) is 0 Å². The van der Waals surface area contributed by atoms with E-state index in [2.05, 4.69) is 22.6 Å². The van der Waals surface area contributed by atoms with E-state index in [4.69, 9.17) is 16.3 Å². The van der Waals surface area contributed by atoms with E-state index in [1.54, 1.807) is 0 Å². The highest BCUT2D eigenvalue weighted by Crippen LogP contribution is 2.10. The molecule has 0 aliphatic rings. The summed E-state index contributed by atoms with van der Waals surface area (Å²) in [6.45, 7) is 5.79. The molecule has 0 fully saturated rings. The Morgan fingerprint density at radius 2 is 2.10 bits per heavy atom. The van der Waals surface area contributed by atoms with Gasteiger partial charge in [0.2, 0.25) is 0 Å². The molecule has 0 unspecified atom stereocenters.